The van der Waals surface area contributed by atoms with Gasteiger partial charge < -0.3 is 101 Å². The van der Waals surface area contributed by atoms with Gasteiger partial charge in [0.15, 0.2) is 58.2 Å². The van der Waals surface area contributed by atoms with Crippen molar-refractivity contribution < 1.29 is 105 Å². The van der Waals surface area contributed by atoms with Crippen LogP contribution in [0.3, 0.4) is 0 Å². The Hall–Kier alpha value is -9.31. The number of aromatic hydroxyl groups is 13. The minimum atomic E-state index is -1.99. The third-order valence-corrected chi connectivity index (χ3v) is 14.4. The first kappa shape index (κ1) is 48.0. The Bertz CT molecular complexity index is 3540. The smallest absolute Gasteiger partial charge is 0.312 e. The first-order valence-corrected chi connectivity index (χ1v) is 23.1. The normalized spacial score (nSPS) is 23.5. The van der Waals surface area contributed by atoms with Crippen LogP contribution in [0.1, 0.15) is 98.1 Å². The second-order valence-electron chi connectivity index (χ2n) is 18.8. The van der Waals surface area contributed by atoms with Gasteiger partial charge in [-0.25, -0.2) is 0 Å². The van der Waals surface area contributed by atoms with E-state index in [4.69, 9.17) is 18.9 Å². The lowest BCUT2D eigenvalue weighted by Crippen LogP contribution is -2.39. The highest BCUT2D eigenvalue weighted by molar-refractivity contribution is 5.81. The first-order valence-electron chi connectivity index (χ1n) is 23.1. The van der Waals surface area contributed by atoms with Gasteiger partial charge in [-0.1, -0.05) is 24.3 Å². The van der Waals surface area contributed by atoms with Crippen molar-refractivity contribution in [2.24, 2.45) is 0 Å². The summed E-state index contributed by atoms with van der Waals surface area (Å²) >= 11 is 0. The highest BCUT2D eigenvalue weighted by Crippen LogP contribution is 2.64. The molecule has 4 aliphatic heterocycles. The van der Waals surface area contributed by atoms with Crippen molar-refractivity contribution >= 4 is 5.97 Å². The van der Waals surface area contributed by atoms with E-state index in [1.54, 1.807) is 0 Å². The lowest BCUT2D eigenvalue weighted by Gasteiger charge is -2.44. The lowest BCUT2D eigenvalue weighted by atomic mass is 9.72. The summed E-state index contributed by atoms with van der Waals surface area (Å²) < 4.78 is 25.3. The Morgan fingerprint density at radius 1 is 0.360 bits per heavy atom. The Labute approximate surface area is 421 Å². The second-order valence-corrected chi connectivity index (χ2v) is 18.8. The summed E-state index contributed by atoms with van der Waals surface area (Å²) in [4.78, 5) is 13.3. The first-order chi connectivity index (χ1) is 35.7. The van der Waals surface area contributed by atoms with E-state index in [1.165, 1.54) is 36.4 Å². The van der Waals surface area contributed by atoms with Crippen LogP contribution in [0.5, 0.6) is 97.7 Å². The molecule has 0 fully saturated rings. The van der Waals surface area contributed by atoms with Crippen LogP contribution in [0.25, 0.3) is 0 Å². The average Bonchev–Trinajstić information content (AvgIpc) is 3.35. The van der Waals surface area contributed by atoms with Crippen molar-refractivity contribution in [3.8, 4) is 97.7 Å². The van der Waals surface area contributed by atoms with E-state index in [9.17, 15) is 86.5 Å². The topological polar surface area (TPSA) is 378 Å². The fourth-order valence-electron chi connectivity index (χ4n) is 10.9. The zero-order chi connectivity index (χ0) is 53.2. The number of hydrogen-bond donors (Lipinski definition) is 16. The predicted molar refractivity (Wildman–Crippen MR) is 254 cm³/mol. The second kappa shape index (κ2) is 17.4. The minimum absolute atomic E-state index is 0.00699. The molecule has 0 unspecified atom stereocenters. The molecule has 0 amide bonds. The number of phenols is 13. The molecule has 11 rings (SSSR count). The van der Waals surface area contributed by atoms with Crippen LogP contribution in [0, 0.1) is 0 Å². The molecule has 0 spiro atoms. The van der Waals surface area contributed by atoms with Gasteiger partial charge in [-0.05, 0) is 70.8 Å². The number of hydrogen-bond acceptors (Lipinski definition) is 21. The van der Waals surface area contributed by atoms with E-state index < -0.39 is 158 Å². The molecule has 7 aromatic rings. The number of aliphatic hydroxyl groups excluding tert-OH is 3. The van der Waals surface area contributed by atoms with Gasteiger partial charge in [-0.3, -0.25) is 4.79 Å². The van der Waals surface area contributed by atoms with Gasteiger partial charge in [-0.2, -0.15) is 0 Å². The Kier molecular flexibility index (Phi) is 11.2. The van der Waals surface area contributed by atoms with E-state index in [1.807, 2.05) is 0 Å². The third kappa shape index (κ3) is 7.62. The maximum Gasteiger partial charge on any atom is 0.312 e. The monoisotopic (exact) mass is 1030 g/mol. The van der Waals surface area contributed by atoms with Crippen molar-refractivity contribution in [1.29, 1.82) is 0 Å². The molecule has 75 heavy (non-hydrogen) atoms. The standard InChI is InChI=1S/C54H44O21/c55-24-5-1-18(9-29(24)60)22-14-39(69)72-38-17-36(67)44-46(48(71)50(74-53(44)40(22)38)20-3-7-26(57)31(62)11-20)43-35(66)16-34(65)42-45(47(70)51(75-54(42)43)21-4-8-27(58)32(63)12-21)41-33(64)15-28(59)23-13-37(68)49(73-52(23)41)19-2-6-25(56)30(61)10-19/h1-12,15-17,22,37,45-51,55-68,70-71H,13-14H2/t22-,37+,45+,46+,47+,48-,49-,50-,51-/m1/s1. The van der Waals surface area contributed by atoms with E-state index >= 15 is 0 Å². The van der Waals surface area contributed by atoms with Gasteiger partial charge in [0.1, 0.15) is 70.1 Å². The molecule has 386 valence electrons. The number of phenolic OH excluding ortho intramolecular Hbond substituents is 13. The molecule has 21 heteroatoms. The predicted octanol–water partition coefficient (Wildman–Crippen LogP) is 5.59. The summed E-state index contributed by atoms with van der Waals surface area (Å²) in [6.07, 6.45) is -11.0. The molecule has 0 aromatic heterocycles. The molecule has 9 atom stereocenters. The molecule has 7 aromatic carbocycles. The fourth-order valence-corrected chi connectivity index (χ4v) is 10.9. The quantitative estimate of drug-likeness (QED) is 0.0548. The molecule has 4 heterocycles. The Morgan fingerprint density at radius 3 is 1.20 bits per heavy atom. The fraction of sp³-hybridized carbons (Fsp3) is 0.204. The molecule has 0 saturated heterocycles. The summed E-state index contributed by atoms with van der Waals surface area (Å²) in [5, 5.41) is 181. The number of carbonyl (C=O) groups is 1. The summed E-state index contributed by atoms with van der Waals surface area (Å²) in [6.45, 7) is 0. The van der Waals surface area contributed by atoms with E-state index in [2.05, 4.69) is 0 Å². The lowest BCUT2D eigenvalue weighted by molar-refractivity contribution is -0.135. The Morgan fingerprint density at radius 2 is 0.733 bits per heavy atom. The van der Waals surface area contributed by atoms with Crippen molar-refractivity contribution in [2.75, 3.05) is 0 Å². The number of aliphatic hydroxyl groups is 3. The molecule has 4 aliphatic rings. The number of ether oxygens (including phenoxy) is 4. The third-order valence-electron chi connectivity index (χ3n) is 14.4. The molecule has 16 N–H and O–H groups in total. The van der Waals surface area contributed by atoms with Crippen LogP contribution < -0.4 is 18.9 Å². The van der Waals surface area contributed by atoms with Crippen molar-refractivity contribution in [3.05, 3.63) is 147 Å². The molecular weight excluding hydrogens is 985 g/mol. The number of rotatable bonds is 6. The molecular formula is C54H44O21. The average molecular weight is 1030 g/mol. The van der Waals surface area contributed by atoms with Crippen LogP contribution in [0.4, 0.5) is 0 Å². The minimum Gasteiger partial charge on any atom is -0.507 e. The molecule has 0 bridgehead atoms. The van der Waals surface area contributed by atoms with Gasteiger partial charge in [0.25, 0.3) is 0 Å². The maximum atomic E-state index is 13.3. The van der Waals surface area contributed by atoms with Crippen LogP contribution in [-0.2, 0) is 11.2 Å². The maximum absolute atomic E-state index is 13.3. The van der Waals surface area contributed by atoms with E-state index in [-0.39, 0.29) is 68.2 Å². The van der Waals surface area contributed by atoms with Gasteiger partial charge in [-0.15, -0.1) is 0 Å². The summed E-state index contributed by atoms with van der Waals surface area (Å²) in [5.74, 6) is -15.2. The van der Waals surface area contributed by atoms with Gasteiger partial charge in [0.2, 0.25) is 0 Å². The van der Waals surface area contributed by atoms with E-state index in [0.29, 0.717) is 0 Å². The van der Waals surface area contributed by atoms with Crippen LogP contribution >= 0.6 is 0 Å². The molecule has 21 nitrogen and oxygen atoms in total. The SMILES string of the molecule is O=C1C[C@H](c2ccc(O)c(O)c2)c2c(cc(O)c3c2O[C@H](c2ccc(O)c(O)c2)[C@H](O)[C@H]3c2c(O)cc(O)c3c2O[C@H](c2ccc(O)c(O)c2)[C@@H](O)[C@H]3c2c(O)cc(O)c3c2O[C@H](c2ccc(O)c(O)c2)[C@@H](O)C3)O1. The number of carbonyl (C=O) groups excluding carboxylic acids is 1. The van der Waals surface area contributed by atoms with E-state index in [0.717, 1.165) is 54.6 Å². The van der Waals surface area contributed by atoms with Crippen LogP contribution in [0.15, 0.2) is 91.0 Å². The van der Waals surface area contributed by atoms with Crippen molar-refractivity contribution in [2.45, 2.75) is 67.2 Å². The van der Waals surface area contributed by atoms with Crippen molar-refractivity contribution in [1.82, 2.24) is 0 Å². The van der Waals surface area contributed by atoms with Gasteiger partial charge in [0, 0.05) is 63.9 Å². The van der Waals surface area contributed by atoms with Gasteiger partial charge >= 0.3 is 5.97 Å². The largest absolute Gasteiger partial charge is 0.507 e. The molecule has 0 radical (unpaired) electrons. The highest BCUT2D eigenvalue weighted by Gasteiger charge is 2.52. The van der Waals surface area contributed by atoms with Crippen molar-refractivity contribution in [3.63, 3.8) is 0 Å². The Balaban J connectivity index is 1.19. The zero-order valence-electron chi connectivity index (χ0n) is 38.5. The summed E-state index contributed by atoms with van der Waals surface area (Å²) in [5.41, 5.74) is -1.30. The highest BCUT2D eigenvalue weighted by atomic mass is 16.5. The molecule has 0 saturated carbocycles. The van der Waals surface area contributed by atoms with Crippen LogP contribution in [0.2, 0.25) is 0 Å². The number of fused-ring (bicyclic) bond motifs is 5. The summed E-state index contributed by atoms with van der Waals surface area (Å²) in [6, 6.07) is 16.9. The number of esters is 1. The van der Waals surface area contributed by atoms with Crippen LogP contribution in [-0.4, -0.2) is 106 Å². The zero-order valence-corrected chi connectivity index (χ0v) is 38.5. The molecule has 0 aliphatic carbocycles. The number of benzene rings is 7. The van der Waals surface area contributed by atoms with Gasteiger partial charge in [0.05, 0.1) is 24.4 Å². The summed E-state index contributed by atoms with van der Waals surface area (Å²) in [7, 11) is 0.